The van der Waals surface area contributed by atoms with E-state index in [1.165, 1.54) is 109 Å². The Balaban J connectivity index is 4.48. The Morgan fingerprint density at radius 2 is 0.500 bits per heavy atom. The molecule has 1 atom stereocenters. The van der Waals surface area contributed by atoms with Crippen molar-refractivity contribution >= 4 is 17.9 Å². The summed E-state index contributed by atoms with van der Waals surface area (Å²) in [7, 11) is 0. The Hall–Kier alpha value is -4.71. The van der Waals surface area contributed by atoms with Gasteiger partial charge in [-0.1, -0.05) is 269 Å². The van der Waals surface area contributed by atoms with Gasteiger partial charge in [0.1, 0.15) is 13.2 Å². The molecule has 0 aromatic heterocycles. The van der Waals surface area contributed by atoms with E-state index in [0.29, 0.717) is 19.3 Å². The topological polar surface area (TPSA) is 78.9 Å². The van der Waals surface area contributed by atoms with Gasteiger partial charge in [0, 0.05) is 19.3 Å². The highest BCUT2D eigenvalue weighted by Crippen LogP contribution is 2.14. The molecule has 0 rings (SSSR count). The third kappa shape index (κ3) is 64.1. The summed E-state index contributed by atoms with van der Waals surface area (Å²) >= 11 is 0. The number of hydrogen-bond acceptors (Lipinski definition) is 6. The van der Waals surface area contributed by atoms with Gasteiger partial charge < -0.3 is 14.2 Å². The first-order valence-corrected chi connectivity index (χ1v) is 32.8. The van der Waals surface area contributed by atoms with Crippen molar-refractivity contribution in [3.05, 3.63) is 146 Å². The van der Waals surface area contributed by atoms with Crippen molar-refractivity contribution in [2.45, 2.75) is 290 Å². The van der Waals surface area contributed by atoms with Crippen molar-refractivity contribution in [3.63, 3.8) is 0 Å². The molecule has 0 bridgehead atoms. The van der Waals surface area contributed by atoms with Gasteiger partial charge in [0.15, 0.2) is 6.10 Å². The predicted octanol–water partition coefficient (Wildman–Crippen LogP) is 22.7. The van der Waals surface area contributed by atoms with Crippen LogP contribution in [-0.4, -0.2) is 37.2 Å². The molecule has 0 aliphatic carbocycles. The minimum atomic E-state index is -0.817. The number of ether oxygens (including phenoxy) is 3. The van der Waals surface area contributed by atoms with Gasteiger partial charge in [0.25, 0.3) is 0 Å². The van der Waals surface area contributed by atoms with Crippen molar-refractivity contribution in [3.8, 4) is 0 Å². The molecule has 452 valence electrons. The zero-order chi connectivity index (χ0) is 57.8. The van der Waals surface area contributed by atoms with E-state index < -0.39 is 6.10 Å². The lowest BCUT2D eigenvalue weighted by Gasteiger charge is -2.18. The summed E-state index contributed by atoms with van der Waals surface area (Å²) in [4.78, 5) is 38.3. The van der Waals surface area contributed by atoms with E-state index in [1.54, 1.807) is 0 Å². The second kappa shape index (κ2) is 66.8. The van der Waals surface area contributed by atoms with Gasteiger partial charge in [-0.3, -0.25) is 14.4 Å². The minimum absolute atomic E-state index is 0.109. The van der Waals surface area contributed by atoms with E-state index in [-0.39, 0.29) is 37.5 Å². The molecule has 0 aliphatic heterocycles. The van der Waals surface area contributed by atoms with Crippen molar-refractivity contribution in [1.29, 1.82) is 0 Å². The molecule has 0 saturated carbocycles. The van der Waals surface area contributed by atoms with Crippen LogP contribution < -0.4 is 0 Å². The van der Waals surface area contributed by atoms with E-state index in [1.807, 2.05) is 0 Å². The van der Waals surface area contributed by atoms with Crippen molar-refractivity contribution in [2.24, 2.45) is 0 Å². The monoisotopic (exact) mass is 1100 g/mol. The zero-order valence-corrected chi connectivity index (χ0v) is 51.8. The molecule has 0 N–H and O–H groups in total. The maximum Gasteiger partial charge on any atom is 0.306 e. The van der Waals surface area contributed by atoms with Gasteiger partial charge in [-0.2, -0.15) is 0 Å². The molecule has 0 spiro atoms. The smallest absolute Gasteiger partial charge is 0.306 e. The molecule has 1 unspecified atom stereocenters. The lowest BCUT2D eigenvalue weighted by molar-refractivity contribution is -0.167. The average Bonchev–Trinajstić information content (AvgIpc) is 3.46. The third-order valence-corrected chi connectivity index (χ3v) is 13.5. The highest BCUT2D eigenvalue weighted by molar-refractivity contribution is 5.71. The Morgan fingerprint density at radius 3 is 0.850 bits per heavy atom. The zero-order valence-electron chi connectivity index (χ0n) is 51.8. The van der Waals surface area contributed by atoms with Gasteiger partial charge in [0.2, 0.25) is 0 Å². The molecular formula is C74H120O6. The summed E-state index contributed by atoms with van der Waals surface area (Å²) in [6.07, 6.45) is 95.7. The maximum atomic E-state index is 12.9. The van der Waals surface area contributed by atoms with Crippen LogP contribution in [0.3, 0.4) is 0 Å². The average molecular weight is 1110 g/mol. The second-order valence-corrected chi connectivity index (χ2v) is 21.3. The fourth-order valence-corrected chi connectivity index (χ4v) is 8.65. The number of rotatable bonds is 58. The standard InChI is InChI=1S/C74H120O6/c1-4-7-10-13-16-19-22-25-28-30-32-33-34-35-36-37-38-39-40-41-42-44-46-49-52-55-58-61-64-67-73(76)79-70-71(69-78-72(75)66-63-60-57-54-51-48-45-27-24-21-18-15-12-9-6-3)80-74(77)68-65-62-59-56-53-50-47-43-31-29-26-23-20-17-14-11-8-5-2/h7,10,16,18-19,21,25,27-29,31-33,35-36,38-39,41-42,45-46,49,55,58,71H,4-6,8-9,11-15,17,20,22-24,26,30,34,37,40,43-44,47-48,50-54,56-57,59-70H2,1-3H3/b10-7-,19-16-,21-18-,28-25-,31-29-,33-32-,36-35-,39-38-,42-41-,45-27-,49-46-,58-55-. The Morgan fingerprint density at radius 1 is 0.263 bits per heavy atom. The van der Waals surface area contributed by atoms with Crippen LogP contribution in [0.1, 0.15) is 284 Å². The van der Waals surface area contributed by atoms with Crippen LogP contribution in [-0.2, 0) is 28.6 Å². The van der Waals surface area contributed by atoms with Crippen LogP contribution in [0.5, 0.6) is 0 Å². The lowest BCUT2D eigenvalue weighted by Crippen LogP contribution is -2.30. The summed E-state index contributed by atoms with van der Waals surface area (Å²) in [6.45, 7) is 6.44. The molecule has 6 heteroatoms. The number of allylic oxidation sites excluding steroid dienone is 24. The molecule has 0 radical (unpaired) electrons. The van der Waals surface area contributed by atoms with Gasteiger partial charge in [-0.25, -0.2) is 0 Å². The summed E-state index contributed by atoms with van der Waals surface area (Å²) in [5, 5.41) is 0. The quantitative estimate of drug-likeness (QED) is 0.0261. The second-order valence-electron chi connectivity index (χ2n) is 21.3. The first kappa shape index (κ1) is 75.3. The van der Waals surface area contributed by atoms with Crippen LogP contribution in [0, 0.1) is 0 Å². The van der Waals surface area contributed by atoms with Crippen LogP contribution in [0.25, 0.3) is 0 Å². The molecule has 0 fully saturated rings. The van der Waals surface area contributed by atoms with Crippen LogP contribution in [0.4, 0.5) is 0 Å². The van der Waals surface area contributed by atoms with Gasteiger partial charge in [0.05, 0.1) is 0 Å². The number of unbranched alkanes of at least 4 members (excludes halogenated alkanes) is 23. The van der Waals surface area contributed by atoms with Gasteiger partial charge in [-0.05, 0) is 141 Å². The molecule has 0 aromatic rings. The summed E-state index contributed by atoms with van der Waals surface area (Å²) < 4.78 is 16.9. The highest BCUT2D eigenvalue weighted by atomic mass is 16.6. The SMILES string of the molecule is CC/C=C\C/C=C\C/C=C\C/C=C\C/C=C\C/C=C\C/C=C\C/C=C\C/C=C\CCCC(=O)OCC(COC(=O)CCCCCCC/C=C\C/C=C\CCCCC)OC(=O)CCCCCCCCC/C=C\CCCCCCCCC. The molecule has 0 saturated heterocycles. The van der Waals surface area contributed by atoms with E-state index in [2.05, 4.69) is 167 Å². The van der Waals surface area contributed by atoms with E-state index in [0.717, 1.165) is 128 Å². The van der Waals surface area contributed by atoms with Crippen molar-refractivity contribution in [2.75, 3.05) is 13.2 Å². The summed E-state index contributed by atoms with van der Waals surface area (Å²) in [5.41, 5.74) is 0. The summed E-state index contributed by atoms with van der Waals surface area (Å²) in [5.74, 6) is -0.987. The van der Waals surface area contributed by atoms with Crippen molar-refractivity contribution < 1.29 is 28.6 Å². The third-order valence-electron chi connectivity index (χ3n) is 13.5. The molecule has 0 amide bonds. The van der Waals surface area contributed by atoms with E-state index in [4.69, 9.17) is 14.2 Å². The minimum Gasteiger partial charge on any atom is -0.462 e. The fourth-order valence-electron chi connectivity index (χ4n) is 8.65. The number of hydrogen-bond donors (Lipinski definition) is 0. The lowest BCUT2D eigenvalue weighted by atomic mass is 10.1. The Labute approximate surface area is 493 Å². The summed E-state index contributed by atoms with van der Waals surface area (Å²) in [6, 6.07) is 0. The van der Waals surface area contributed by atoms with Gasteiger partial charge >= 0.3 is 17.9 Å². The van der Waals surface area contributed by atoms with E-state index in [9.17, 15) is 14.4 Å². The first-order valence-electron chi connectivity index (χ1n) is 32.8. The molecule has 0 aromatic carbocycles. The first-order chi connectivity index (χ1) is 39.5. The molecule has 0 heterocycles. The molecule has 6 nitrogen and oxygen atoms in total. The Bertz CT molecular complexity index is 1750. The van der Waals surface area contributed by atoms with Gasteiger partial charge in [-0.15, -0.1) is 0 Å². The van der Waals surface area contributed by atoms with Crippen LogP contribution in [0.15, 0.2) is 146 Å². The largest absolute Gasteiger partial charge is 0.462 e. The Kier molecular flexibility index (Phi) is 62.9. The molecule has 80 heavy (non-hydrogen) atoms. The molecule has 0 aliphatic rings. The number of esters is 3. The normalized spacial score (nSPS) is 13.1. The highest BCUT2D eigenvalue weighted by Gasteiger charge is 2.19. The predicted molar refractivity (Wildman–Crippen MR) is 348 cm³/mol. The molecular weight excluding hydrogens is 985 g/mol. The van der Waals surface area contributed by atoms with E-state index >= 15 is 0 Å². The van der Waals surface area contributed by atoms with Crippen molar-refractivity contribution in [1.82, 2.24) is 0 Å². The van der Waals surface area contributed by atoms with Crippen LogP contribution >= 0.6 is 0 Å². The fraction of sp³-hybridized carbons (Fsp3) is 0.635. The number of carbonyl (C=O) groups excluding carboxylic acids is 3. The number of carbonyl (C=O) groups is 3. The van der Waals surface area contributed by atoms with Crippen LogP contribution in [0.2, 0.25) is 0 Å². The maximum absolute atomic E-state index is 12.9.